The second kappa shape index (κ2) is 9.08. The molecule has 1 atom stereocenters. The molecule has 2 saturated heterocycles. The molecular formula is C23H22F2N4O5S. The molecule has 35 heavy (non-hydrogen) atoms. The van der Waals surface area contributed by atoms with E-state index in [0.717, 1.165) is 31.5 Å². The largest absolute Gasteiger partial charge is 0.477 e. The summed E-state index contributed by atoms with van der Waals surface area (Å²) in [5, 5.41) is 11.1. The fraction of sp³-hybridized carbons (Fsp3) is 0.435. The lowest BCUT2D eigenvalue weighted by Gasteiger charge is -2.44. The number of ketones is 1. The van der Waals surface area contributed by atoms with Crippen LogP contribution in [0.25, 0.3) is 16.2 Å². The highest BCUT2D eigenvalue weighted by molar-refractivity contribution is 7.12. The summed E-state index contributed by atoms with van der Waals surface area (Å²) in [6, 6.07) is 0.900. The van der Waals surface area contributed by atoms with Crippen molar-refractivity contribution < 1.29 is 28.2 Å². The lowest BCUT2D eigenvalue weighted by Crippen LogP contribution is -2.64. The molecule has 0 amide bonds. The van der Waals surface area contributed by atoms with Crippen LogP contribution in [-0.2, 0) is 9.53 Å². The zero-order chi connectivity index (χ0) is 24.7. The molecule has 9 nitrogen and oxygen atoms in total. The second-order valence-electron chi connectivity index (χ2n) is 8.80. The number of alkyl halides is 1. The minimum absolute atomic E-state index is 0.0107. The van der Waals surface area contributed by atoms with Crippen LogP contribution in [0.3, 0.4) is 0 Å². The maximum atomic E-state index is 15.2. The van der Waals surface area contributed by atoms with Gasteiger partial charge in [-0.25, -0.2) is 23.5 Å². The minimum Gasteiger partial charge on any atom is -0.477 e. The average molecular weight is 505 g/mol. The number of anilines is 1. The number of pyridine rings is 2. The lowest BCUT2D eigenvalue weighted by molar-refractivity contribution is -0.133. The Morgan fingerprint density at radius 2 is 2.11 bits per heavy atom. The van der Waals surface area contributed by atoms with Crippen molar-refractivity contribution in [1.29, 1.82) is 0 Å². The highest BCUT2D eigenvalue weighted by Crippen LogP contribution is 2.35. The molecule has 3 aromatic rings. The van der Waals surface area contributed by atoms with Crippen LogP contribution < -0.4 is 10.3 Å². The molecule has 0 aromatic carbocycles. The summed E-state index contributed by atoms with van der Waals surface area (Å²) in [5.41, 5.74) is -3.56. The molecule has 2 fully saturated rings. The normalized spacial score (nSPS) is 19.5. The van der Waals surface area contributed by atoms with E-state index in [0.29, 0.717) is 18.2 Å². The van der Waals surface area contributed by atoms with E-state index < -0.39 is 34.2 Å². The summed E-state index contributed by atoms with van der Waals surface area (Å²) in [6.45, 7) is -0.0662. The van der Waals surface area contributed by atoms with Gasteiger partial charge < -0.3 is 14.7 Å². The summed E-state index contributed by atoms with van der Waals surface area (Å²) in [7, 11) is 0. The van der Waals surface area contributed by atoms with Gasteiger partial charge in [0.25, 0.3) is 0 Å². The Balaban J connectivity index is 1.41. The van der Waals surface area contributed by atoms with Gasteiger partial charge in [0.05, 0.1) is 24.6 Å². The van der Waals surface area contributed by atoms with E-state index in [4.69, 9.17) is 4.74 Å². The lowest BCUT2D eigenvalue weighted by atomic mass is 9.87. The number of thiazole rings is 1. The Morgan fingerprint density at radius 1 is 1.31 bits per heavy atom. The van der Waals surface area contributed by atoms with E-state index in [-0.39, 0.29) is 42.5 Å². The molecule has 1 N–H and O–H groups in total. The number of nitrogens with zero attached hydrogens (tertiary/aromatic N) is 4. The van der Waals surface area contributed by atoms with Crippen molar-refractivity contribution in [1.82, 2.24) is 14.5 Å². The third kappa shape index (κ3) is 4.31. The van der Waals surface area contributed by atoms with Crippen LogP contribution >= 0.6 is 11.3 Å². The van der Waals surface area contributed by atoms with Crippen molar-refractivity contribution >= 4 is 39.9 Å². The van der Waals surface area contributed by atoms with E-state index in [9.17, 15) is 23.9 Å². The number of carbonyl (C=O) groups is 2. The van der Waals surface area contributed by atoms with E-state index in [1.807, 2.05) is 0 Å². The molecular weight excluding hydrogens is 482 g/mol. The van der Waals surface area contributed by atoms with Gasteiger partial charge in [0.15, 0.2) is 28.2 Å². The van der Waals surface area contributed by atoms with Gasteiger partial charge in [-0.05, 0) is 31.7 Å². The van der Waals surface area contributed by atoms with E-state index in [1.165, 1.54) is 27.0 Å². The number of Topliss-reactive ketones (excluding diaryl/α,β-unsaturated/α-hetero) is 1. The van der Waals surface area contributed by atoms with Gasteiger partial charge in [-0.15, -0.1) is 11.3 Å². The Bertz CT molecular complexity index is 1350. The van der Waals surface area contributed by atoms with Crippen LogP contribution in [0.2, 0.25) is 0 Å². The molecule has 12 heteroatoms. The number of carboxylic acid groups (broad SMARTS) is 1. The van der Waals surface area contributed by atoms with Crippen LogP contribution in [0.15, 0.2) is 28.6 Å². The number of halogens is 2. The topological polar surface area (TPSA) is 115 Å². The van der Waals surface area contributed by atoms with Gasteiger partial charge in [-0.1, -0.05) is 0 Å². The quantitative estimate of drug-likeness (QED) is 0.522. The van der Waals surface area contributed by atoms with Crippen molar-refractivity contribution in [2.75, 3.05) is 24.6 Å². The summed E-state index contributed by atoms with van der Waals surface area (Å²) in [4.78, 5) is 46.4. The molecule has 2 aliphatic heterocycles. The first-order valence-corrected chi connectivity index (χ1v) is 12.1. The number of carboxylic acids is 1. The Morgan fingerprint density at radius 3 is 2.77 bits per heavy atom. The van der Waals surface area contributed by atoms with Crippen molar-refractivity contribution in [3.8, 4) is 5.13 Å². The Hall–Kier alpha value is -3.25. The monoisotopic (exact) mass is 504 g/mol. The van der Waals surface area contributed by atoms with Crippen molar-refractivity contribution in [3.63, 3.8) is 0 Å². The van der Waals surface area contributed by atoms with Crippen molar-refractivity contribution in [3.05, 3.63) is 45.4 Å². The zero-order valence-electron chi connectivity index (χ0n) is 18.6. The van der Waals surface area contributed by atoms with Gasteiger partial charge in [0.2, 0.25) is 11.1 Å². The highest BCUT2D eigenvalue weighted by atomic mass is 32.1. The van der Waals surface area contributed by atoms with Crippen LogP contribution in [0.4, 0.5) is 14.6 Å². The van der Waals surface area contributed by atoms with Crippen molar-refractivity contribution in [2.24, 2.45) is 0 Å². The van der Waals surface area contributed by atoms with Gasteiger partial charge in [0, 0.05) is 30.8 Å². The number of rotatable bonds is 7. The fourth-order valence-corrected chi connectivity index (χ4v) is 5.12. The Kier molecular flexibility index (Phi) is 6.09. The number of hydrogen-bond donors (Lipinski definition) is 1. The molecule has 3 aromatic heterocycles. The third-order valence-corrected chi connectivity index (χ3v) is 7.19. The van der Waals surface area contributed by atoms with Gasteiger partial charge >= 0.3 is 5.97 Å². The van der Waals surface area contributed by atoms with Crippen LogP contribution in [-0.4, -0.2) is 62.9 Å². The average Bonchev–Trinajstić information content (AvgIpc) is 3.36. The predicted octanol–water partition coefficient (Wildman–Crippen LogP) is 3.13. The van der Waals surface area contributed by atoms with E-state index >= 15 is 4.39 Å². The molecule has 2 aliphatic rings. The maximum Gasteiger partial charge on any atom is 0.341 e. The fourth-order valence-electron chi connectivity index (χ4n) is 4.51. The summed E-state index contributed by atoms with van der Waals surface area (Å²) in [6.07, 6.45) is 5.92. The first-order chi connectivity index (χ1) is 16.8. The molecule has 5 rings (SSSR count). The molecule has 0 radical (unpaired) electrons. The summed E-state index contributed by atoms with van der Waals surface area (Å²) >= 11 is 1.17. The highest BCUT2D eigenvalue weighted by Gasteiger charge is 2.50. The number of carbonyl (C=O) groups excluding carboxylic acids is 1. The molecule has 0 spiro atoms. The van der Waals surface area contributed by atoms with E-state index in [2.05, 4.69) is 9.97 Å². The summed E-state index contributed by atoms with van der Waals surface area (Å²) in [5.74, 6) is -3.14. The SMILES string of the molecule is O=C(O)c1cn(-c2nccs2)c2nc(N3CC(F)(C(=O)CCC4CCCCO4)C3)c(F)cc2c1=O. The van der Waals surface area contributed by atoms with Crippen LogP contribution in [0.1, 0.15) is 42.5 Å². The first kappa shape index (κ1) is 23.5. The molecule has 0 aliphatic carbocycles. The van der Waals surface area contributed by atoms with Gasteiger partial charge in [-0.2, -0.15) is 0 Å². The van der Waals surface area contributed by atoms with Crippen LogP contribution in [0, 0.1) is 5.82 Å². The van der Waals surface area contributed by atoms with Gasteiger partial charge in [-0.3, -0.25) is 14.2 Å². The number of ether oxygens (including phenoxy) is 1. The first-order valence-electron chi connectivity index (χ1n) is 11.2. The van der Waals surface area contributed by atoms with Crippen molar-refractivity contribution in [2.45, 2.75) is 43.9 Å². The molecule has 0 saturated carbocycles. The number of fused-ring (bicyclic) bond motifs is 1. The predicted molar refractivity (Wildman–Crippen MR) is 124 cm³/mol. The maximum absolute atomic E-state index is 15.2. The summed E-state index contributed by atoms with van der Waals surface area (Å²) < 4.78 is 37.1. The molecule has 5 heterocycles. The molecule has 184 valence electrons. The number of aromatic nitrogens is 3. The third-order valence-electron chi connectivity index (χ3n) is 6.42. The Labute approximate surface area is 202 Å². The molecule has 1 unspecified atom stereocenters. The second-order valence-corrected chi connectivity index (χ2v) is 9.67. The standard InChI is InChI=1S/C23H22F2N4O5S/c24-16-9-14-18(31)15(21(32)33)10-29(22-26-6-8-35-22)19(14)27-20(16)28-11-23(25,12-28)17(30)5-4-13-3-1-2-7-34-13/h6,8-10,13H,1-5,7,11-12H2,(H,32,33). The van der Waals surface area contributed by atoms with Gasteiger partial charge in [0.1, 0.15) is 5.56 Å². The van der Waals surface area contributed by atoms with E-state index in [1.54, 1.807) is 5.38 Å². The number of hydrogen-bond acceptors (Lipinski definition) is 8. The number of aromatic carboxylic acids is 1. The van der Waals surface area contributed by atoms with Crippen LogP contribution in [0.5, 0.6) is 0 Å². The minimum atomic E-state index is -2.11. The smallest absolute Gasteiger partial charge is 0.341 e. The molecule has 0 bridgehead atoms. The zero-order valence-corrected chi connectivity index (χ0v) is 19.4.